The molecule has 0 unspecified atom stereocenters. The van der Waals surface area contributed by atoms with E-state index in [2.05, 4.69) is 34.0 Å². The molecule has 6 heteroatoms. The highest BCUT2D eigenvalue weighted by Crippen LogP contribution is 2.50. The van der Waals surface area contributed by atoms with Crippen LogP contribution >= 0.6 is 0 Å². The van der Waals surface area contributed by atoms with Crippen LogP contribution in [0.5, 0.6) is 0 Å². The lowest BCUT2D eigenvalue weighted by Gasteiger charge is -2.33. The third-order valence-electron chi connectivity index (χ3n) is 7.52. The maximum Gasteiger partial charge on any atom is 0.280 e. The number of nitrogens with zero attached hydrogens (tertiary/aromatic N) is 2. The predicted molar refractivity (Wildman–Crippen MR) is 118 cm³/mol. The van der Waals surface area contributed by atoms with Gasteiger partial charge in [0.2, 0.25) is 0 Å². The molecular formula is C24H31N3O2S. The molecule has 1 saturated heterocycles. The summed E-state index contributed by atoms with van der Waals surface area (Å²) in [6.07, 6.45) is 10.8. The van der Waals surface area contributed by atoms with Crippen LogP contribution in [-0.4, -0.2) is 36.3 Å². The smallest absolute Gasteiger partial charge is 0.264 e. The average molecular weight is 426 g/mol. The minimum atomic E-state index is -3.36. The highest BCUT2D eigenvalue weighted by atomic mass is 32.2. The van der Waals surface area contributed by atoms with Crippen molar-refractivity contribution in [2.75, 3.05) is 13.1 Å². The van der Waals surface area contributed by atoms with Crippen LogP contribution in [0.25, 0.3) is 0 Å². The van der Waals surface area contributed by atoms with Gasteiger partial charge in [-0.2, -0.15) is 17.4 Å². The zero-order chi connectivity index (χ0) is 20.8. The second kappa shape index (κ2) is 7.74. The Hall–Kier alpha value is -1.76. The summed E-state index contributed by atoms with van der Waals surface area (Å²) < 4.78 is 30.5. The normalized spacial score (nSPS) is 29.8. The first-order valence-electron chi connectivity index (χ1n) is 11.3. The molecule has 2 heterocycles. The first-order valence-corrected chi connectivity index (χ1v) is 12.7. The third kappa shape index (κ3) is 3.49. The number of fused-ring (bicyclic) bond motifs is 1. The minimum Gasteiger partial charge on any atom is -0.264 e. The Bertz CT molecular complexity index is 1020. The van der Waals surface area contributed by atoms with Gasteiger partial charge in [0, 0.05) is 25.5 Å². The Morgan fingerprint density at radius 1 is 1.10 bits per heavy atom. The first-order chi connectivity index (χ1) is 14.5. The number of aromatic nitrogens is 1. The molecule has 2 aliphatic carbocycles. The maximum atomic E-state index is 12.8. The van der Waals surface area contributed by atoms with E-state index < -0.39 is 10.2 Å². The summed E-state index contributed by atoms with van der Waals surface area (Å²) in [6, 6.07) is 11.1. The molecule has 0 radical (unpaired) electrons. The topological polar surface area (TPSA) is 62.3 Å². The molecule has 1 saturated carbocycles. The number of aryl methyl sites for hydroxylation is 2. The van der Waals surface area contributed by atoms with E-state index in [9.17, 15) is 8.42 Å². The molecule has 160 valence electrons. The molecule has 2 fully saturated rings. The van der Waals surface area contributed by atoms with Gasteiger partial charge in [-0.1, -0.05) is 31.2 Å². The Morgan fingerprint density at radius 2 is 1.87 bits per heavy atom. The van der Waals surface area contributed by atoms with Gasteiger partial charge in [-0.25, -0.2) is 0 Å². The lowest BCUT2D eigenvalue weighted by molar-refractivity contribution is 0.213. The zero-order valence-electron chi connectivity index (χ0n) is 17.7. The summed E-state index contributed by atoms with van der Waals surface area (Å²) in [7, 11) is -3.36. The fraction of sp³-hybridized carbons (Fsp3) is 0.542. The van der Waals surface area contributed by atoms with Crippen molar-refractivity contribution >= 4 is 10.2 Å². The Balaban J connectivity index is 1.38. The van der Waals surface area contributed by atoms with Gasteiger partial charge in [-0.3, -0.25) is 4.98 Å². The van der Waals surface area contributed by atoms with Crippen molar-refractivity contribution in [2.24, 2.45) is 11.8 Å². The van der Waals surface area contributed by atoms with Gasteiger partial charge in [-0.05, 0) is 85.1 Å². The second-order valence-corrected chi connectivity index (χ2v) is 11.0. The lowest BCUT2D eigenvalue weighted by Crippen LogP contribution is -2.52. The van der Waals surface area contributed by atoms with Gasteiger partial charge in [-0.15, -0.1) is 0 Å². The number of hydrogen-bond acceptors (Lipinski definition) is 3. The minimum absolute atomic E-state index is 0.289. The summed E-state index contributed by atoms with van der Waals surface area (Å²) >= 11 is 0. The van der Waals surface area contributed by atoms with Crippen LogP contribution in [-0.2, 0) is 35.9 Å². The monoisotopic (exact) mass is 425 g/mol. The molecule has 1 N–H and O–H groups in total. The SMILES string of the molecule is CCCN1C[C@]2(NS1(=O)=O)[C@@H]1CC[C@H]2Cc2ccc(CCc3cccnc3)cc2C1. The molecule has 1 aromatic heterocycles. The average Bonchev–Trinajstić information content (AvgIpc) is 3.13. The molecule has 2 bridgehead atoms. The summed E-state index contributed by atoms with van der Waals surface area (Å²) in [5.41, 5.74) is 5.19. The highest BCUT2D eigenvalue weighted by Gasteiger charge is 2.59. The second-order valence-electron chi connectivity index (χ2n) is 9.32. The Kier molecular flexibility index (Phi) is 5.20. The van der Waals surface area contributed by atoms with Gasteiger partial charge in [0.15, 0.2) is 0 Å². The van der Waals surface area contributed by atoms with Crippen molar-refractivity contribution in [2.45, 2.75) is 57.4 Å². The van der Waals surface area contributed by atoms with E-state index >= 15 is 0 Å². The van der Waals surface area contributed by atoms with E-state index in [1.165, 1.54) is 22.3 Å². The third-order valence-corrected chi connectivity index (χ3v) is 9.15. The van der Waals surface area contributed by atoms with Crippen molar-refractivity contribution in [1.82, 2.24) is 14.0 Å². The summed E-state index contributed by atoms with van der Waals surface area (Å²) in [4.78, 5) is 4.22. The van der Waals surface area contributed by atoms with Crippen LogP contribution < -0.4 is 4.72 Å². The van der Waals surface area contributed by atoms with Gasteiger partial charge in [0.25, 0.3) is 10.2 Å². The van der Waals surface area contributed by atoms with Gasteiger partial charge in [0.1, 0.15) is 0 Å². The summed E-state index contributed by atoms with van der Waals surface area (Å²) in [6.45, 7) is 3.30. The van der Waals surface area contributed by atoms with E-state index in [0.717, 1.165) is 44.9 Å². The van der Waals surface area contributed by atoms with Crippen molar-refractivity contribution in [1.29, 1.82) is 0 Å². The molecule has 2 aromatic rings. The molecule has 3 atom stereocenters. The first kappa shape index (κ1) is 20.2. The van der Waals surface area contributed by atoms with E-state index in [0.29, 0.717) is 24.9 Å². The number of pyridine rings is 1. The van der Waals surface area contributed by atoms with E-state index in [1.54, 1.807) is 4.31 Å². The van der Waals surface area contributed by atoms with Crippen LogP contribution in [0.2, 0.25) is 0 Å². The fourth-order valence-corrected chi connectivity index (χ4v) is 7.81. The number of rotatable bonds is 5. The standard InChI is InChI=1S/C24H31N3O2S/c1-2-12-27-17-24(26-30(27,28)29)22-9-10-23(24)15-21-13-18(7-8-20(21)14-22)5-6-19-4-3-11-25-16-19/h3-4,7-8,11,13,16,22-23,26H,2,5-6,9-10,12,14-15,17H2,1H3/t22-,23+,24+/m0/s1. The molecule has 1 spiro atoms. The molecule has 30 heavy (non-hydrogen) atoms. The van der Waals surface area contributed by atoms with Crippen molar-refractivity contribution in [3.8, 4) is 0 Å². The molecule has 5 nitrogen and oxygen atoms in total. The van der Waals surface area contributed by atoms with Crippen molar-refractivity contribution in [3.63, 3.8) is 0 Å². The Morgan fingerprint density at radius 3 is 2.60 bits per heavy atom. The quantitative estimate of drug-likeness (QED) is 0.800. The van der Waals surface area contributed by atoms with Crippen LogP contribution in [0.1, 0.15) is 48.4 Å². The molecule has 0 amide bonds. The highest BCUT2D eigenvalue weighted by molar-refractivity contribution is 7.87. The van der Waals surface area contributed by atoms with E-state index in [1.807, 2.05) is 25.4 Å². The van der Waals surface area contributed by atoms with Crippen LogP contribution in [0.4, 0.5) is 0 Å². The van der Waals surface area contributed by atoms with Gasteiger partial charge >= 0.3 is 0 Å². The van der Waals surface area contributed by atoms with Crippen LogP contribution in [0.15, 0.2) is 42.7 Å². The van der Waals surface area contributed by atoms with Gasteiger partial charge in [0.05, 0.1) is 5.54 Å². The summed E-state index contributed by atoms with van der Waals surface area (Å²) in [5, 5.41) is 0. The lowest BCUT2D eigenvalue weighted by atomic mass is 9.79. The molecule has 1 aliphatic heterocycles. The largest absolute Gasteiger partial charge is 0.280 e. The van der Waals surface area contributed by atoms with E-state index in [4.69, 9.17) is 0 Å². The van der Waals surface area contributed by atoms with Gasteiger partial charge < -0.3 is 0 Å². The Labute approximate surface area is 180 Å². The van der Waals surface area contributed by atoms with E-state index in [-0.39, 0.29) is 5.54 Å². The number of nitrogens with one attached hydrogen (secondary N) is 1. The maximum absolute atomic E-state index is 12.8. The molecule has 1 aromatic carbocycles. The number of hydrogen-bond donors (Lipinski definition) is 1. The fourth-order valence-electron chi connectivity index (χ4n) is 6.00. The molecule has 5 rings (SSSR count). The zero-order valence-corrected chi connectivity index (χ0v) is 18.5. The van der Waals surface area contributed by atoms with Crippen molar-refractivity contribution < 1.29 is 8.42 Å². The number of benzene rings is 1. The molecular weight excluding hydrogens is 394 g/mol. The van der Waals surface area contributed by atoms with Crippen LogP contribution in [0.3, 0.4) is 0 Å². The summed E-state index contributed by atoms with van der Waals surface area (Å²) in [5.74, 6) is 0.774. The molecule has 3 aliphatic rings. The van der Waals surface area contributed by atoms with Crippen LogP contribution in [0, 0.1) is 11.8 Å². The predicted octanol–water partition coefficient (Wildman–Crippen LogP) is 3.29. The van der Waals surface area contributed by atoms with Crippen molar-refractivity contribution in [3.05, 3.63) is 65.0 Å².